The molecule has 0 aliphatic carbocycles. The van der Waals surface area contributed by atoms with Gasteiger partial charge in [0, 0.05) is 5.69 Å². The van der Waals surface area contributed by atoms with E-state index in [0.29, 0.717) is 11.4 Å². The van der Waals surface area contributed by atoms with E-state index >= 15 is 0 Å². The molecule has 1 atom stereocenters. The highest BCUT2D eigenvalue weighted by atomic mass is 32.2. The molecule has 0 bridgehead atoms. The van der Waals surface area contributed by atoms with Crippen LogP contribution in [-0.4, -0.2) is 40.4 Å². The number of benzene rings is 2. The number of carbonyl (C=O) groups excluding carboxylic acids is 2. The van der Waals surface area contributed by atoms with Crippen LogP contribution >= 0.6 is 0 Å². The van der Waals surface area contributed by atoms with Gasteiger partial charge >= 0.3 is 0 Å². The Labute approximate surface area is 207 Å². The van der Waals surface area contributed by atoms with E-state index in [1.165, 1.54) is 28.5 Å². The number of nitrogens with one attached hydrogen (secondary N) is 3. The van der Waals surface area contributed by atoms with Gasteiger partial charge in [0.15, 0.2) is 0 Å². The third kappa shape index (κ3) is 7.16. The smallest absolute Gasteiger partial charge is 0.255 e. The van der Waals surface area contributed by atoms with Crippen LogP contribution in [0, 0.1) is 17.7 Å². The minimum absolute atomic E-state index is 0.0623. The van der Waals surface area contributed by atoms with Crippen LogP contribution in [-0.2, 0) is 32.7 Å². The van der Waals surface area contributed by atoms with Crippen molar-refractivity contribution >= 4 is 27.5 Å². The van der Waals surface area contributed by atoms with Crippen molar-refractivity contribution in [3.63, 3.8) is 0 Å². The molecule has 1 aromatic heterocycles. The fourth-order valence-electron chi connectivity index (χ4n) is 3.39. The van der Waals surface area contributed by atoms with E-state index in [-0.39, 0.29) is 30.3 Å². The third-order valence-electron chi connectivity index (χ3n) is 5.27. The van der Waals surface area contributed by atoms with Gasteiger partial charge in [-0.15, -0.1) is 5.10 Å². The number of aromatic nitrogens is 3. The molecule has 0 radical (unpaired) electrons. The van der Waals surface area contributed by atoms with Crippen molar-refractivity contribution in [2.24, 2.45) is 11.8 Å². The molecule has 36 heavy (non-hydrogen) atoms. The molecule has 2 amide bonds. The number of sulfonamides is 1. The molecule has 4 N–H and O–H groups in total. The van der Waals surface area contributed by atoms with Crippen LogP contribution in [0.5, 0.6) is 0 Å². The van der Waals surface area contributed by atoms with Crippen LogP contribution in [0.4, 0.5) is 10.1 Å². The molecule has 3 rings (SSSR count). The van der Waals surface area contributed by atoms with Gasteiger partial charge in [0.2, 0.25) is 15.9 Å². The molecular formula is C23H27FN6O5S. The fourth-order valence-corrected chi connectivity index (χ4v) is 4.39. The van der Waals surface area contributed by atoms with E-state index in [1.54, 1.807) is 24.3 Å². The number of hydrogen-bond acceptors (Lipinski definition) is 7. The fraction of sp³-hybridized carbons (Fsp3) is 0.304. The van der Waals surface area contributed by atoms with Crippen molar-refractivity contribution in [2.45, 2.75) is 38.3 Å². The third-order valence-corrected chi connectivity index (χ3v) is 6.69. The van der Waals surface area contributed by atoms with Gasteiger partial charge in [-0.3, -0.25) is 14.8 Å². The summed E-state index contributed by atoms with van der Waals surface area (Å²) >= 11 is 0. The number of amides is 2. The van der Waals surface area contributed by atoms with Crippen molar-refractivity contribution in [2.75, 3.05) is 5.32 Å². The molecule has 192 valence electrons. The Kier molecular flexibility index (Phi) is 8.85. The molecule has 2 aromatic carbocycles. The van der Waals surface area contributed by atoms with Crippen molar-refractivity contribution in [1.29, 1.82) is 0 Å². The summed E-state index contributed by atoms with van der Waals surface area (Å²) in [5.41, 5.74) is 3.30. The highest BCUT2D eigenvalue weighted by Crippen LogP contribution is 2.17. The topological polar surface area (TPSA) is 155 Å². The van der Waals surface area contributed by atoms with Crippen molar-refractivity contribution in [3.05, 3.63) is 71.8 Å². The van der Waals surface area contributed by atoms with E-state index in [2.05, 4.69) is 20.4 Å². The lowest BCUT2D eigenvalue weighted by atomic mass is 9.95. The second kappa shape index (κ2) is 11.8. The van der Waals surface area contributed by atoms with Gasteiger partial charge in [-0.05, 0) is 54.3 Å². The minimum Gasteiger partial charge on any atom is -0.325 e. The quantitative estimate of drug-likeness (QED) is 0.172. The Morgan fingerprint density at radius 2 is 1.72 bits per heavy atom. The van der Waals surface area contributed by atoms with E-state index in [4.69, 9.17) is 5.21 Å². The standard InChI is InChI=1S/C23H27FN6O5S/c1-15(2)11-21(23(32)28-33)22(31)27-18-7-3-16(4-8-18)14-30-19(12-25-29-30)13-26-36(34,35)20-9-5-17(24)6-10-20/h3-10,12,15,21,26,33H,11,13-14H2,1-2H3,(H,27,31)(H,28,32). The number of halogens is 1. The number of anilines is 1. The maximum absolute atomic E-state index is 13.1. The second-order valence-electron chi connectivity index (χ2n) is 8.51. The summed E-state index contributed by atoms with van der Waals surface area (Å²) in [7, 11) is -3.85. The molecule has 0 fully saturated rings. The minimum atomic E-state index is -3.85. The largest absolute Gasteiger partial charge is 0.325 e. The van der Waals surface area contributed by atoms with E-state index in [1.807, 2.05) is 13.8 Å². The molecule has 0 aliphatic rings. The number of carbonyl (C=O) groups is 2. The highest BCUT2D eigenvalue weighted by molar-refractivity contribution is 7.89. The lowest BCUT2D eigenvalue weighted by molar-refractivity contribution is -0.139. The predicted molar refractivity (Wildman–Crippen MR) is 127 cm³/mol. The average molecular weight is 519 g/mol. The molecule has 11 nitrogen and oxygen atoms in total. The molecule has 0 saturated carbocycles. The Morgan fingerprint density at radius 1 is 1.06 bits per heavy atom. The summed E-state index contributed by atoms with van der Waals surface area (Å²) in [4.78, 5) is 24.3. The summed E-state index contributed by atoms with van der Waals surface area (Å²) in [6.07, 6.45) is 1.71. The second-order valence-corrected chi connectivity index (χ2v) is 10.3. The maximum atomic E-state index is 13.1. The molecule has 3 aromatic rings. The molecular weight excluding hydrogens is 491 g/mol. The normalized spacial score (nSPS) is 12.4. The Bertz CT molecular complexity index is 1290. The van der Waals surface area contributed by atoms with Gasteiger partial charge in [-0.1, -0.05) is 31.2 Å². The molecule has 0 aliphatic heterocycles. The maximum Gasteiger partial charge on any atom is 0.255 e. The molecule has 0 saturated heterocycles. The van der Waals surface area contributed by atoms with E-state index in [0.717, 1.165) is 17.7 Å². The van der Waals surface area contributed by atoms with Crippen LogP contribution in [0.3, 0.4) is 0 Å². The number of hydrogen-bond donors (Lipinski definition) is 4. The Hall–Kier alpha value is -3.68. The lowest BCUT2D eigenvalue weighted by Crippen LogP contribution is -2.37. The number of nitrogens with zero attached hydrogens (tertiary/aromatic N) is 3. The zero-order chi connectivity index (χ0) is 26.3. The van der Waals surface area contributed by atoms with Gasteiger partial charge in [-0.2, -0.15) is 0 Å². The van der Waals surface area contributed by atoms with E-state index < -0.39 is 33.6 Å². The average Bonchev–Trinajstić information content (AvgIpc) is 3.29. The zero-order valence-electron chi connectivity index (χ0n) is 19.7. The Balaban J connectivity index is 1.62. The van der Waals surface area contributed by atoms with Gasteiger partial charge in [0.05, 0.1) is 29.9 Å². The Morgan fingerprint density at radius 3 is 2.33 bits per heavy atom. The summed E-state index contributed by atoms with van der Waals surface area (Å²) in [5.74, 6) is -2.81. The van der Waals surface area contributed by atoms with E-state index in [9.17, 15) is 22.4 Å². The molecule has 1 heterocycles. The van der Waals surface area contributed by atoms with Crippen LogP contribution in [0.2, 0.25) is 0 Å². The van der Waals surface area contributed by atoms with Gasteiger partial charge in [0.1, 0.15) is 11.7 Å². The van der Waals surface area contributed by atoms with Crippen molar-refractivity contribution < 1.29 is 27.6 Å². The van der Waals surface area contributed by atoms with Crippen LogP contribution in [0.15, 0.2) is 59.6 Å². The first-order valence-corrected chi connectivity index (χ1v) is 12.5. The van der Waals surface area contributed by atoms with Crippen molar-refractivity contribution in [1.82, 2.24) is 25.2 Å². The first-order valence-electron chi connectivity index (χ1n) is 11.1. The zero-order valence-corrected chi connectivity index (χ0v) is 20.5. The first-order chi connectivity index (χ1) is 17.1. The first kappa shape index (κ1) is 26.9. The summed E-state index contributed by atoms with van der Waals surface area (Å²) in [6, 6.07) is 11.3. The van der Waals surface area contributed by atoms with Crippen LogP contribution in [0.25, 0.3) is 0 Å². The highest BCUT2D eigenvalue weighted by Gasteiger charge is 2.27. The predicted octanol–water partition coefficient (Wildman–Crippen LogP) is 2.05. The lowest BCUT2D eigenvalue weighted by Gasteiger charge is -2.17. The summed E-state index contributed by atoms with van der Waals surface area (Å²) in [5, 5.41) is 19.4. The SMILES string of the molecule is CC(C)CC(C(=O)NO)C(=O)Nc1ccc(Cn2nncc2CNS(=O)(=O)c2ccc(F)cc2)cc1. The van der Waals surface area contributed by atoms with Crippen LogP contribution in [0.1, 0.15) is 31.5 Å². The van der Waals surface area contributed by atoms with Gasteiger partial charge in [-0.25, -0.2) is 27.7 Å². The van der Waals surface area contributed by atoms with Gasteiger partial charge in [0.25, 0.3) is 5.91 Å². The number of rotatable bonds is 11. The summed E-state index contributed by atoms with van der Waals surface area (Å²) < 4.78 is 41.9. The van der Waals surface area contributed by atoms with Gasteiger partial charge < -0.3 is 5.32 Å². The summed E-state index contributed by atoms with van der Waals surface area (Å²) in [6.45, 7) is 3.94. The van der Waals surface area contributed by atoms with Crippen LogP contribution < -0.4 is 15.5 Å². The monoisotopic (exact) mass is 518 g/mol. The molecule has 13 heteroatoms. The molecule has 0 spiro atoms. The molecule has 1 unspecified atom stereocenters. The van der Waals surface area contributed by atoms with Crippen molar-refractivity contribution in [3.8, 4) is 0 Å². The number of hydroxylamine groups is 1.